The van der Waals surface area contributed by atoms with Gasteiger partial charge in [-0.2, -0.15) is 5.10 Å². The monoisotopic (exact) mass is 364 g/mol. The second kappa shape index (κ2) is 8.66. The van der Waals surface area contributed by atoms with Crippen molar-refractivity contribution in [2.45, 2.75) is 6.42 Å². The van der Waals surface area contributed by atoms with Crippen molar-refractivity contribution in [2.75, 3.05) is 19.0 Å². The van der Waals surface area contributed by atoms with Crippen LogP contribution in [0, 0.1) is 0 Å². The predicted octanol–water partition coefficient (Wildman–Crippen LogP) is 2.18. The Morgan fingerprint density at radius 2 is 1.81 bits per heavy atom. The van der Waals surface area contributed by atoms with Gasteiger partial charge in [-0.1, -0.05) is 18.2 Å². The Kier molecular flexibility index (Phi) is 5.84. The van der Waals surface area contributed by atoms with E-state index in [1.165, 1.54) is 0 Å². The average molecular weight is 364 g/mol. The van der Waals surface area contributed by atoms with Crippen LogP contribution >= 0.6 is 0 Å². The van der Waals surface area contributed by atoms with Gasteiger partial charge in [0, 0.05) is 23.6 Å². The Bertz CT molecular complexity index is 905. The molecule has 138 valence electrons. The van der Waals surface area contributed by atoms with E-state index in [0.29, 0.717) is 11.4 Å². The van der Waals surface area contributed by atoms with Crippen LogP contribution in [0.25, 0.3) is 5.69 Å². The van der Waals surface area contributed by atoms with Crippen molar-refractivity contribution in [1.29, 1.82) is 0 Å². The summed E-state index contributed by atoms with van der Waals surface area (Å²) in [7, 11) is 1.56. The minimum absolute atomic E-state index is 0.102. The van der Waals surface area contributed by atoms with E-state index in [1.54, 1.807) is 36.2 Å². The molecule has 2 aromatic carbocycles. The Balaban J connectivity index is 1.48. The van der Waals surface area contributed by atoms with Crippen molar-refractivity contribution >= 4 is 17.5 Å². The van der Waals surface area contributed by atoms with Crippen LogP contribution in [0.3, 0.4) is 0 Å². The smallest absolute Gasteiger partial charge is 0.243 e. The van der Waals surface area contributed by atoms with E-state index in [2.05, 4.69) is 15.7 Å². The fraction of sp³-hybridized carbons (Fsp3) is 0.150. The maximum Gasteiger partial charge on any atom is 0.243 e. The first-order chi connectivity index (χ1) is 13.2. The molecule has 3 aromatic rings. The normalized spacial score (nSPS) is 10.3. The average Bonchev–Trinajstić information content (AvgIpc) is 3.22. The fourth-order valence-electron chi connectivity index (χ4n) is 2.59. The fourth-order valence-corrected chi connectivity index (χ4v) is 2.59. The number of nitrogens with one attached hydrogen (secondary N) is 2. The minimum atomic E-state index is -0.296. The van der Waals surface area contributed by atoms with E-state index < -0.39 is 0 Å². The zero-order valence-electron chi connectivity index (χ0n) is 14.9. The number of para-hydroxylation sites is 1. The lowest BCUT2D eigenvalue weighted by Crippen LogP contribution is -2.33. The number of amides is 2. The molecule has 1 heterocycles. The number of carbonyl (C=O) groups excluding carboxylic acids is 2. The standard InChI is InChI=1S/C20H20N4O3/c1-27-18-6-3-2-5-15(18)13-19(25)21-14-20(26)23-16-7-9-17(10-8-16)24-12-4-11-22-24/h2-12H,13-14H2,1H3,(H,21,25)(H,23,26). The molecular weight excluding hydrogens is 344 g/mol. The lowest BCUT2D eigenvalue weighted by Gasteiger charge is -2.10. The Hall–Kier alpha value is -3.61. The van der Waals surface area contributed by atoms with Crippen molar-refractivity contribution in [3.05, 3.63) is 72.6 Å². The van der Waals surface area contributed by atoms with Gasteiger partial charge in [0.15, 0.2) is 0 Å². The molecule has 2 amide bonds. The highest BCUT2D eigenvalue weighted by atomic mass is 16.5. The van der Waals surface area contributed by atoms with Gasteiger partial charge in [-0.3, -0.25) is 9.59 Å². The lowest BCUT2D eigenvalue weighted by atomic mass is 10.1. The van der Waals surface area contributed by atoms with E-state index in [9.17, 15) is 9.59 Å². The number of aromatic nitrogens is 2. The van der Waals surface area contributed by atoms with E-state index >= 15 is 0 Å². The first-order valence-corrected chi connectivity index (χ1v) is 8.44. The molecule has 0 aliphatic rings. The number of benzene rings is 2. The van der Waals surface area contributed by atoms with Crippen molar-refractivity contribution in [2.24, 2.45) is 0 Å². The molecular formula is C20H20N4O3. The minimum Gasteiger partial charge on any atom is -0.496 e. The number of ether oxygens (including phenoxy) is 1. The molecule has 2 N–H and O–H groups in total. The van der Waals surface area contributed by atoms with Crippen molar-refractivity contribution in [3.63, 3.8) is 0 Å². The van der Waals surface area contributed by atoms with Crippen LogP contribution in [0.1, 0.15) is 5.56 Å². The molecule has 0 atom stereocenters. The summed E-state index contributed by atoms with van der Waals surface area (Å²) in [6.07, 6.45) is 3.68. The van der Waals surface area contributed by atoms with E-state index in [-0.39, 0.29) is 24.8 Å². The van der Waals surface area contributed by atoms with Gasteiger partial charge in [0.2, 0.25) is 11.8 Å². The molecule has 7 heteroatoms. The summed E-state index contributed by atoms with van der Waals surface area (Å²) in [5.74, 6) is 0.105. The predicted molar refractivity (Wildman–Crippen MR) is 102 cm³/mol. The van der Waals surface area contributed by atoms with Crippen LogP contribution in [-0.4, -0.2) is 35.2 Å². The number of rotatable bonds is 7. The van der Waals surface area contributed by atoms with Crippen LogP contribution in [0.5, 0.6) is 5.75 Å². The molecule has 7 nitrogen and oxygen atoms in total. The molecule has 0 saturated carbocycles. The van der Waals surface area contributed by atoms with Gasteiger partial charge in [-0.15, -0.1) is 0 Å². The van der Waals surface area contributed by atoms with Gasteiger partial charge in [0.25, 0.3) is 0 Å². The number of anilines is 1. The van der Waals surface area contributed by atoms with Crippen LogP contribution < -0.4 is 15.4 Å². The first-order valence-electron chi connectivity index (χ1n) is 8.44. The summed E-state index contributed by atoms with van der Waals surface area (Å²) in [5.41, 5.74) is 2.31. The summed E-state index contributed by atoms with van der Waals surface area (Å²) in [5, 5.41) is 9.51. The van der Waals surface area contributed by atoms with Gasteiger partial charge in [-0.05, 0) is 36.4 Å². The highest BCUT2D eigenvalue weighted by Gasteiger charge is 2.10. The van der Waals surface area contributed by atoms with Gasteiger partial charge >= 0.3 is 0 Å². The molecule has 3 rings (SSSR count). The van der Waals surface area contributed by atoms with Crippen molar-refractivity contribution in [1.82, 2.24) is 15.1 Å². The zero-order valence-corrected chi connectivity index (χ0v) is 14.9. The third-order valence-electron chi connectivity index (χ3n) is 3.91. The van der Waals surface area contributed by atoms with Crippen LogP contribution in [-0.2, 0) is 16.0 Å². The zero-order chi connectivity index (χ0) is 19.1. The molecule has 0 aliphatic carbocycles. The highest BCUT2D eigenvalue weighted by Crippen LogP contribution is 2.17. The van der Waals surface area contributed by atoms with Crippen LogP contribution in [0.2, 0.25) is 0 Å². The number of methoxy groups -OCH3 is 1. The van der Waals surface area contributed by atoms with Gasteiger partial charge in [-0.25, -0.2) is 4.68 Å². The van der Waals surface area contributed by atoms with Crippen LogP contribution in [0.4, 0.5) is 5.69 Å². The molecule has 0 bridgehead atoms. The summed E-state index contributed by atoms with van der Waals surface area (Å²) in [6.45, 7) is -0.102. The third kappa shape index (κ3) is 4.94. The summed E-state index contributed by atoms with van der Waals surface area (Å²) in [4.78, 5) is 24.1. The quantitative estimate of drug-likeness (QED) is 0.673. The second-order valence-corrected chi connectivity index (χ2v) is 5.81. The Morgan fingerprint density at radius 1 is 1.04 bits per heavy atom. The van der Waals surface area contributed by atoms with Crippen molar-refractivity contribution in [3.8, 4) is 11.4 Å². The topological polar surface area (TPSA) is 85.2 Å². The number of hydrogen-bond donors (Lipinski definition) is 2. The molecule has 0 aliphatic heterocycles. The van der Waals surface area contributed by atoms with Gasteiger partial charge < -0.3 is 15.4 Å². The molecule has 0 radical (unpaired) electrons. The summed E-state index contributed by atoms with van der Waals surface area (Å²) < 4.78 is 6.95. The maximum atomic E-state index is 12.1. The summed E-state index contributed by atoms with van der Waals surface area (Å²) in [6, 6.07) is 16.4. The highest BCUT2D eigenvalue weighted by molar-refractivity contribution is 5.94. The molecule has 27 heavy (non-hydrogen) atoms. The third-order valence-corrected chi connectivity index (χ3v) is 3.91. The Labute approximate surface area is 157 Å². The molecule has 0 fully saturated rings. The molecule has 0 spiro atoms. The SMILES string of the molecule is COc1ccccc1CC(=O)NCC(=O)Nc1ccc(-n2cccn2)cc1. The van der Waals surface area contributed by atoms with Gasteiger partial charge in [0.05, 0.1) is 25.8 Å². The molecule has 0 saturated heterocycles. The van der Waals surface area contributed by atoms with Gasteiger partial charge in [0.1, 0.15) is 5.75 Å². The Morgan fingerprint density at radius 3 is 2.52 bits per heavy atom. The van der Waals surface area contributed by atoms with E-state index in [1.807, 2.05) is 42.6 Å². The van der Waals surface area contributed by atoms with E-state index in [0.717, 1.165) is 11.3 Å². The number of carbonyl (C=O) groups is 2. The lowest BCUT2D eigenvalue weighted by molar-refractivity contribution is -0.123. The first kappa shape index (κ1) is 18.2. The summed E-state index contributed by atoms with van der Waals surface area (Å²) >= 11 is 0. The number of nitrogens with zero attached hydrogens (tertiary/aromatic N) is 2. The van der Waals surface area contributed by atoms with E-state index in [4.69, 9.17) is 4.74 Å². The number of hydrogen-bond acceptors (Lipinski definition) is 4. The molecule has 0 unspecified atom stereocenters. The second-order valence-electron chi connectivity index (χ2n) is 5.81. The van der Waals surface area contributed by atoms with Crippen molar-refractivity contribution < 1.29 is 14.3 Å². The van der Waals surface area contributed by atoms with Crippen LogP contribution in [0.15, 0.2) is 67.0 Å². The molecule has 1 aromatic heterocycles. The largest absolute Gasteiger partial charge is 0.496 e. The maximum absolute atomic E-state index is 12.1.